The molecule has 9 heteroatoms. The summed E-state index contributed by atoms with van der Waals surface area (Å²) in [5, 5.41) is 31.0. The summed E-state index contributed by atoms with van der Waals surface area (Å²) in [6, 6.07) is 14.0. The standard InChI is InChI=1S/C18H19BN2O5S/c22-19(23)18(11-14-12-26-17-4-2-1-3-16(14)17)20-27-10-9-13-5-7-15(8-6-13)21(24)25/h1-8,12,18,20,22-23H,9-11H2/t18-/m0/s1. The van der Waals surface area contributed by atoms with Crippen molar-refractivity contribution in [1.82, 2.24) is 4.72 Å². The van der Waals surface area contributed by atoms with Gasteiger partial charge in [-0.05, 0) is 30.0 Å². The van der Waals surface area contributed by atoms with Crippen LogP contribution in [0.4, 0.5) is 5.69 Å². The van der Waals surface area contributed by atoms with Crippen LogP contribution < -0.4 is 4.72 Å². The minimum Gasteiger partial charge on any atom is -0.464 e. The van der Waals surface area contributed by atoms with Gasteiger partial charge in [0.2, 0.25) is 0 Å². The van der Waals surface area contributed by atoms with E-state index in [9.17, 15) is 20.2 Å². The fourth-order valence-electron chi connectivity index (χ4n) is 2.75. The average Bonchev–Trinajstić information content (AvgIpc) is 3.07. The molecule has 1 aromatic heterocycles. The van der Waals surface area contributed by atoms with Crippen molar-refractivity contribution in [2.75, 3.05) is 5.75 Å². The Morgan fingerprint density at radius 2 is 1.93 bits per heavy atom. The molecular formula is C18H19BN2O5S. The molecule has 3 rings (SSSR count). The number of nitro benzene ring substituents is 1. The van der Waals surface area contributed by atoms with Gasteiger partial charge in [0.15, 0.2) is 0 Å². The number of fused-ring (bicyclic) bond motifs is 1. The second kappa shape index (κ2) is 9.05. The average molecular weight is 386 g/mol. The summed E-state index contributed by atoms with van der Waals surface area (Å²) in [4.78, 5) is 10.2. The zero-order chi connectivity index (χ0) is 19.2. The molecule has 0 amide bonds. The van der Waals surface area contributed by atoms with Crippen LogP contribution in [0.5, 0.6) is 0 Å². The number of hydrogen-bond acceptors (Lipinski definition) is 7. The fourth-order valence-corrected chi connectivity index (χ4v) is 3.63. The first-order valence-electron chi connectivity index (χ1n) is 8.46. The summed E-state index contributed by atoms with van der Waals surface area (Å²) in [6.07, 6.45) is 2.76. The van der Waals surface area contributed by atoms with Gasteiger partial charge >= 0.3 is 7.12 Å². The van der Waals surface area contributed by atoms with Gasteiger partial charge in [0.1, 0.15) is 5.58 Å². The maximum atomic E-state index is 10.7. The molecule has 1 atom stereocenters. The highest BCUT2D eigenvalue weighted by atomic mass is 32.2. The van der Waals surface area contributed by atoms with Crippen molar-refractivity contribution in [3.8, 4) is 0 Å². The SMILES string of the molecule is O=[N+]([O-])c1ccc(CCSN[C@@H](Cc2coc3ccccc23)B(O)O)cc1. The van der Waals surface area contributed by atoms with Crippen LogP contribution in [0.25, 0.3) is 11.0 Å². The summed E-state index contributed by atoms with van der Waals surface area (Å²) in [7, 11) is -1.51. The molecule has 0 saturated carbocycles. The fraction of sp³-hybridized carbons (Fsp3) is 0.222. The van der Waals surface area contributed by atoms with E-state index in [0.717, 1.165) is 22.1 Å². The lowest BCUT2D eigenvalue weighted by atomic mass is 9.77. The van der Waals surface area contributed by atoms with Crippen LogP contribution in [0.2, 0.25) is 0 Å². The Labute approximate surface area is 160 Å². The smallest absolute Gasteiger partial charge is 0.464 e. The van der Waals surface area contributed by atoms with Crippen molar-refractivity contribution < 1.29 is 19.4 Å². The number of nitrogens with zero attached hydrogens (tertiary/aromatic N) is 1. The number of hydrogen-bond donors (Lipinski definition) is 3. The first kappa shape index (κ1) is 19.4. The molecule has 1 heterocycles. The Balaban J connectivity index is 1.52. The molecule has 0 aliphatic rings. The third kappa shape index (κ3) is 5.11. The maximum absolute atomic E-state index is 10.7. The Morgan fingerprint density at radius 3 is 2.63 bits per heavy atom. The third-order valence-corrected chi connectivity index (χ3v) is 5.11. The van der Waals surface area contributed by atoms with E-state index >= 15 is 0 Å². The summed E-state index contributed by atoms with van der Waals surface area (Å²) >= 11 is 1.39. The molecule has 0 aliphatic carbocycles. The molecule has 3 N–H and O–H groups in total. The van der Waals surface area contributed by atoms with Gasteiger partial charge in [0, 0.05) is 23.3 Å². The molecule has 0 aliphatic heterocycles. The monoisotopic (exact) mass is 386 g/mol. The van der Waals surface area contributed by atoms with E-state index in [1.165, 1.54) is 24.1 Å². The predicted octanol–water partition coefficient (Wildman–Crippen LogP) is 2.74. The van der Waals surface area contributed by atoms with Crippen molar-refractivity contribution >= 4 is 35.7 Å². The molecule has 0 bridgehead atoms. The van der Waals surface area contributed by atoms with E-state index in [0.29, 0.717) is 18.6 Å². The van der Waals surface area contributed by atoms with Gasteiger partial charge in [-0.25, -0.2) is 0 Å². The number of nitro groups is 1. The molecular weight excluding hydrogens is 367 g/mol. The highest BCUT2D eigenvalue weighted by molar-refractivity contribution is 7.97. The molecule has 0 saturated heterocycles. The van der Waals surface area contributed by atoms with E-state index in [2.05, 4.69) is 4.72 Å². The van der Waals surface area contributed by atoms with E-state index in [4.69, 9.17) is 4.42 Å². The van der Waals surface area contributed by atoms with Crippen molar-refractivity contribution in [1.29, 1.82) is 0 Å². The zero-order valence-corrected chi connectivity index (χ0v) is 15.3. The van der Waals surface area contributed by atoms with Gasteiger partial charge in [0.25, 0.3) is 5.69 Å². The van der Waals surface area contributed by atoms with Crippen LogP contribution in [0.1, 0.15) is 11.1 Å². The van der Waals surface area contributed by atoms with Crippen LogP contribution in [0.3, 0.4) is 0 Å². The molecule has 0 unspecified atom stereocenters. The second-order valence-corrected chi connectivity index (χ2v) is 7.05. The van der Waals surface area contributed by atoms with E-state index in [1.54, 1.807) is 18.4 Å². The molecule has 7 nitrogen and oxygen atoms in total. The molecule has 0 spiro atoms. The summed E-state index contributed by atoms with van der Waals surface area (Å²) in [5.74, 6) is 0.139. The lowest BCUT2D eigenvalue weighted by molar-refractivity contribution is -0.384. The van der Waals surface area contributed by atoms with Crippen molar-refractivity contribution in [2.45, 2.75) is 18.8 Å². The molecule has 140 valence electrons. The van der Waals surface area contributed by atoms with Crippen molar-refractivity contribution in [3.63, 3.8) is 0 Å². The van der Waals surface area contributed by atoms with E-state index in [1.807, 2.05) is 24.3 Å². The maximum Gasteiger partial charge on any atom is 0.470 e. The van der Waals surface area contributed by atoms with Crippen LogP contribution >= 0.6 is 11.9 Å². The number of nitrogens with one attached hydrogen (secondary N) is 1. The molecule has 2 aromatic carbocycles. The number of rotatable bonds is 9. The Morgan fingerprint density at radius 1 is 1.19 bits per heavy atom. The second-order valence-electron chi connectivity index (χ2n) is 6.12. The Hall–Kier alpha value is -2.33. The minimum atomic E-state index is -1.51. The lowest BCUT2D eigenvalue weighted by Gasteiger charge is -2.16. The van der Waals surface area contributed by atoms with Crippen LogP contribution in [-0.4, -0.2) is 33.8 Å². The Kier molecular flexibility index (Phi) is 6.51. The van der Waals surface area contributed by atoms with E-state index < -0.39 is 18.0 Å². The van der Waals surface area contributed by atoms with Crippen molar-refractivity contribution in [3.05, 3.63) is 76.0 Å². The summed E-state index contributed by atoms with van der Waals surface area (Å²) < 4.78 is 8.58. The van der Waals surface area contributed by atoms with Crippen LogP contribution in [0.15, 0.2) is 59.2 Å². The predicted molar refractivity (Wildman–Crippen MR) is 106 cm³/mol. The summed E-state index contributed by atoms with van der Waals surface area (Å²) in [5.41, 5.74) is 2.73. The highest BCUT2D eigenvalue weighted by Crippen LogP contribution is 2.22. The van der Waals surface area contributed by atoms with Gasteiger partial charge in [-0.15, -0.1) is 0 Å². The molecule has 27 heavy (non-hydrogen) atoms. The number of non-ortho nitro benzene ring substituents is 1. The molecule has 0 radical (unpaired) electrons. The normalized spacial score (nSPS) is 12.2. The number of benzene rings is 2. The first-order valence-corrected chi connectivity index (χ1v) is 9.45. The van der Waals surface area contributed by atoms with Gasteiger partial charge in [-0.3, -0.25) is 14.8 Å². The minimum absolute atomic E-state index is 0.0698. The van der Waals surface area contributed by atoms with E-state index in [-0.39, 0.29) is 5.69 Å². The van der Waals surface area contributed by atoms with Crippen LogP contribution in [-0.2, 0) is 12.8 Å². The largest absolute Gasteiger partial charge is 0.470 e. The van der Waals surface area contributed by atoms with Gasteiger partial charge in [-0.1, -0.05) is 42.3 Å². The molecule has 3 aromatic rings. The van der Waals surface area contributed by atoms with Gasteiger partial charge in [-0.2, -0.15) is 0 Å². The molecule has 0 fully saturated rings. The van der Waals surface area contributed by atoms with Crippen molar-refractivity contribution in [2.24, 2.45) is 0 Å². The third-order valence-electron chi connectivity index (χ3n) is 4.24. The lowest BCUT2D eigenvalue weighted by Crippen LogP contribution is -2.42. The van der Waals surface area contributed by atoms with Crippen LogP contribution in [0, 0.1) is 10.1 Å². The zero-order valence-electron chi connectivity index (χ0n) is 14.4. The topological polar surface area (TPSA) is 109 Å². The summed E-state index contributed by atoms with van der Waals surface area (Å²) in [6.45, 7) is 0. The number of furan rings is 1. The number of para-hydroxylation sites is 1. The Bertz CT molecular complexity index is 900. The quantitative estimate of drug-likeness (QED) is 0.171. The number of aryl methyl sites for hydroxylation is 1. The first-order chi connectivity index (χ1) is 13.0. The van der Waals surface area contributed by atoms with Gasteiger partial charge in [0.05, 0.1) is 17.1 Å². The van der Waals surface area contributed by atoms with Gasteiger partial charge < -0.3 is 14.5 Å². The highest BCUT2D eigenvalue weighted by Gasteiger charge is 2.25.